The fraction of sp³-hybridized carbons (Fsp3) is 0.222. The SMILES string of the molecule is COC(=O)c1ccc(CNC(=O)c2cc3c(-c4cccc(C(C)(C)O)c4)cn(C)c(=O)c3[nH]2)cc1. The van der Waals surface area contributed by atoms with Crippen molar-refractivity contribution in [3.63, 3.8) is 0 Å². The van der Waals surface area contributed by atoms with Crippen LogP contribution in [0.25, 0.3) is 22.0 Å². The van der Waals surface area contributed by atoms with Crippen LogP contribution in [0.3, 0.4) is 0 Å². The highest BCUT2D eigenvalue weighted by Gasteiger charge is 2.19. The van der Waals surface area contributed by atoms with Gasteiger partial charge in [-0.3, -0.25) is 9.59 Å². The van der Waals surface area contributed by atoms with Crippen molar-refractivity contribution in [3.8, 4) is 11.1 Å². The molecule has 3 N–H and O–H groups in total. The molecule has 2 aromatic carbocycles. The van der Waals surface area contributed by atoms with Gasteiger partial charge in [0.2, 0.25) is 0 Å². The van der Waals surface area contributed by atoms with Gasteiger partial charge in [-0.15, -0.1) is 0 Å². The first-order valence-corrected chi connectivity index (χ1v) is 11.1. The summed E-state index contributed by atoms with van der Waals surface area (Å²) >= 11 is 0. The van der Waals surface area contributed by atoms with Crippen LogP contribution in [0.5, 0.6) is 0 Å². The van der Waals surface area contributed by atoms with Gasteiger partial charge in [-0.1, -0.05) is 30.3 Å². The second-order valence-corrected chi connectivity index (χ2v) is 8.94. The van der Waals surface area contributed by atoms with Crippen LogP contribution in [-0.4, -0.2) is 33.6 Å². The summed E-state index contributed by atoms with van der Waals surface area (Å²) in [6.07, 6.45) is 1.73. The number of esters is 1. The average Bonchev–Trinajstić information content (AvgIpc) is 3.30. The van der Waals surface area contributed by atoms with E-state index in [4.69, 9.17) is 4.74 Å². The van der Waals surface area contributed by atoms with E-state index in [0.29, 0.717) is 16.5 Å². The molecular weight excluding hydrogens is 446 g/mol. The van der Waals surface area contributed by atoms with Gasteiger partial charge in [0.15, 0.2) is 0 Å². The van der Waals surface area contributed by atoms with Gasteiger partial charge in [0.25, 0.3) is 11.5 Å². The maximum atomic E-state index is 12.9. The number of H-pyrrole nitrogens is 1. The standard InChI is InChI=1S/C27H27N3O5/c1-27(2,34)19-7-5-6-18(12-19)21-15-30(3)25(32)23-20(21)13-22(29-23)24(31)28-14-16-8-10-17(11-9-16)26(33)35-4/h5-13,15,29,34H,14H2,1-4H3,(H,28,31). The third-order valence-corrected chi connectivity index (χ3v) is 5.92. The van der Waals surface area contributed by atoms with Crippen molar-refractivity contribution >= 4 is 22.8 Å². The van der Waals surface area contributed by atoms with Crippen LogP contribution in [0.2, 0.25) is 0 Å². The quantitative estimate of drug-likeness (QED) is 0.371. The summed E-state index contributed by atoms with van der Waals surface area (Å²) in [5, 5.41) is 13.9. The number of nitrogens with one attached hydrogen (secondary N) is 2. The maximum absolute atomic E-state index is 12.9. The van der Waals surface area contributed by atoms with E-state index in [1.54, 1.807) is 57.4 Å². The van der Waals surface area contributed by atoms with E-state index < -0.39 is 11.6 Å². The lowest BCUT2D eigenvalue weighted by Crippen LogP contribution is -2.23. The monoisotopic (exact) mass is 473 g/mol. The smallest absolute Gasteiger partial charge is 0.337 e. The lowest BCUT2D eigenvalue weighted by Gasteiger charge is -2.19. The Balaban J connectivity index is 1.64. The number of aryl methyl sites for hydroxylation is 1. The molecule has 0 aliphatic rings. The molecule has 0 bridgehead atoms. The molecule has 1 amide bonds. The summed E-state index contributed by atoms with van der Waals surface area (Å²) in [5.74, 6) is -0.791. The Morgan fingerprint density at radius 3 is 2.49 bits per heavy atom. The van der Waals surface area contributed by atoms with Gasteiger partial charge in [0.1, 0.15) is 11.2 Å². The molecule has 0 aliphatic carbocycles. The zero-order valence-corrected chi connectivity index (χ0v) is 20.0. The van der Waals surface area contributed by atoms with E-state index in [1.807, 2.05) is 24.3 Å². The van der Waals surface area contributed by atoms with E-state index in [-0.39, 0.29) is 23.7 Å². The summed E-state index contributed by atoms with van der Waals surface area (Å²) in [6, 6.07) is 15.9. The predicted octanol–water partition coefficient (Wildman–Crippen LogP) is 3.48. The Morgan fingerprint density at radius 2 is 1.83 bits per heavy atom. The molecule has 0 spiro atoms. The van der Waals surface area contributed by atoms with Crippen molar-refractivity contribution in [2.24, 2.45) is 7.05 Å². The number of aliphatic hydroxyl groups is 1. The third-order valence-electron chi connectivity index (χ3n) is 5.92. The molecule has 4 aromatic rings. The number of benzene rings is 2. The normalized spacial score (nSPS) is 11.5. The van der Waals surface area contributed by atoms with E-state index in [1.165, 1.54) is 11.7 Å². The van der Waals surface area contributed by atoms with Crippen molar-refractivity contribution in [1.82, 2.24) is 14.9 Å². The number of methoxy groups -OCH3 is 1. The summed E-state index contributed by atoms with van der Waals surface area (Å²) in [4.78, 5) is 40.2. The highest BCUT2D eigenvalue weighted by molar-refractivity contribution is 6.02. The molecule has 8 heteroatoms. The first-order valence-electron chi connectivity index (χ1n) is 11.1. The lowest BCUT2D eigenvalue weighted by molar-refractivity contribution is 0.0600. The zero-order chi connectivity index (χ0) is 25.3. The van der Waals surface area contributed by atoms with Crippen molar-refractivity contribution in [3.05, 3.63) is 93.5 Å². The number of ether oxygens (including phenoxy) is 1. The summed E-state index contributed by atoms with van der Waals surface area (Å²) < 4.78 is 6.16. The molecule has 2 aromatic heterocycles. The number of aromatic amines is 1. The summed E-state index contributed by atoms with van der Waals surface area (Å²) in [7, 11) is 2.98. The van der Waals surface area contributed by atoms with E-state index >= 15 is 0 Å². The molecule has 0 fully saturated rings. The number of fused-ring (bicyclic) bond motifs is 1. The minimum Gasteiger partial charge on any atom is -0.465 e. The number of rotatable bonds is 6. The van der Waals surface area contributed by atoms with Crippen LogP contribution in [0.15, 0.2) is 65.6 Å². The van der Waals surface area contributed by atoms with Crippen LogP contribution >= 0.6 is 0 Å². The summed E-state index contributed by atoms with van der Waals surface area (Å²) in [6.45, 7) is 3.67. The number of pyridine rings is 1. The number of hydrogen-bond acceptors (Lipinski definition) is 5. The number of amides is 1. The van der Waals surface area contributed by atoms with Crippen LogP contribution in [0.1, 0.15) is 45.8 Å². The summed E-state index contributed by atoms with van der Waals surface area (Å²) in [5.41, 5.74) is 2.87. The van der Waals surface area contributed by atoms with E-state index in [0.717, 1.165) is 22.3 Å². The maximum Gasteiger partial charge on any atom is 0.337 e. The van der Waals surface area contributed by atoms with Crippen molar-refractivity contribution in [1.29, 1.82) is 0 Å². The topological polar surface area (TPSA) is 113 Å². The molecule has 0 saturated heterocycles. The average molecular weight is 474 g/mol. The fourth-order valence-electron chi connectivity index (χ4n) is 3.91. The van der Waals surface area contributed by atoms with Gasteiger partial charge < -0.3 is 24.7 Å². The number of carbonyl (C=O) groups excluding carboxylic acids is 2. The Labute approximate surface area is 202 Å². The van der Waals surface area contributed by atoms with Gasteiger partial charge in [-0.05, 0) is 54.8 Å². The molecule has 0 aliphatic heterocycles. The zero-order valence-electron chi connectivity index (χ0n) is 20.0. The van der Waals surface area contributed by atoms with E-state index in [2.05, 4.69) is 10.3 Å². The molecule has 0 radical (unpaired) electrons. The van der Waals surface area contributed by atoms with Crippen molar-refractivity contribution < 1.29 is 19.4 Å². The van der Waals surface area contributed by atoms with Crippen molar-refractivity contribution in [2.75, 3.05) is 7.11 Å². The lowest BCUT2D eigenvalue weighted by atomic mass is 9.94. The van der Waals surface area contributed by atoms with Crippen LogP contribution in [-0.2, 0) is 23.9 Å². The Kier molecular flexibility index (Phi) is 6.32. The van der Waals surface area contributed by atoms with Gasteiger partial charge >= 0.3 is 5.97 Å². The van der Waals surface area contributed by atoms with Gasteiger partial charge in [-0.25, -0.2) is 4.79 Å². The van der Waals surface area contributed by atoms with Gasteiger partial charge in [-0.2, -0.15) is 0 Å². The fourth-order valence-corrected chi connectivity index (χ4v) is 3.91. The van der Waals surface area contributed by atoms with Crippen LogP contribution in [0.4, 0.5) is 0 Å². The molecule has 2 heterocycles. The number of nitrogens with zero attached hydrogens (tertiary/aromatic N) is 1. The highest BCUT2D eigenvalue weighted by Crippen LogP contribution is 2.30. The minimum atomic E-state index is -1.02. The molecular formula is C27H27N3O5. The molecule has 180 valence electrons. The highest BCUT2D eigenvalue weighted by atomic mass is 16.5. The van der Waals surface area contributed by atoms with Gasteiger partial charge in [0.05, 0.1) is 18.3 Å². The third kappa shape index (κ3) is 4.88. The minimum absolute atomic E-state index is 0.244. The van der Waals surface area contributed by atoms with Gasteiger partial charge in [0, 0.05) is 30.7 Å². The van der Waals surface area contributed by atoms with Crippen LogP contribution < -0.4 is 10.9 Å². The Hall–Kier alpha value is -4.17. The predicted molar refractivity (Wildman–Crippen MR) is 133 cm³/mol. The number of hydrogen-bond donors (Lipinski definition) is 3. The first-order chi connectivity index (χ1) is 16.6. The first kappa shape index (κ1) is 24.0. The number of carbonyl (C=O) groups is 2. The van der Waals surface area contributed by atoms with Crippen LogP contribution in [0, 0.1) is 0 Å². The second-order valence-electron chi connectivity index (χ2n) is 8.94. The largest absolute Gasteiger partial charge is 0.465 e. The van der Waals surface area contributed by atoms with E-state index in [9.17, 15) is 19.5 Å². The van der Waals surface area contributed by atoms with Crippen molar-refractivity contribution in [2.45, 2.75) is 26.0 Å². The molecule has 8 nitrogen and oxygen atoms in total. The Bertz CT molecular complexity index is 1470. The molecule has 35 heavy (non-hydrogen) atoms. The molecule has 0 atom stereocenters. The number of aromatic nitrogens is 2. The second kappa shape index (κ2) is 9.23. The molecule has 4 rings (SSSR count). The molecule has 0 saturated carbocycles. The molecule has 0 unspecified atom stereocenters. The Morgan fingerprint density at radius 1 is 1.11 bits per heavy atom.